The van der Waals surface area contributed by atoms with Crippen molar-refractivity contribution in [2.45, 2.75) is 25.4 Å². The summed E-state index contributed by atoms with van der Waals surface area (Å²) in [6.45, 7) is 0.730. The second kappa shape index (κ2) is 6.75. The van der Waals surface area contributed by atoms with E-state index in [0.29, 0.717) is 24.6 Å². The smallest absolute Gasteiger partial charge is 0.229 e. The molecule has 122 valence electrons. The van der Waals surface area contributed by atoms with Crippen LogP contribution in [0, 0.1) is 0 Å². The molecule has 1 aromatic heterocycles. The van der Waals surface area contributed by atoms with Crippen molar-refractivity contribution in [3.05, 3.63) is 82.0 Å². The van der Waals surface area contributed by atoms with Gasteiger partial charge in [0.05, 0.1) is 19.1 Å². The van der Waals surface area contributed by atoms with Crippen LogP contribution >= 0.6 is 11.6 Å². The van der Waals surface area contributed by atoms with Crippen LogP contribution in [0.15, 0.2) is 53.1 Å². The zero-order valence-corrected chi connectivity index (χ0v) is 13.9. The van der Waals surface area contributed by atoms with Gasteiger partial charge in [-0.3, -0.25) is 0 Å². The van der Waals surface area contributed by atoms with Crippen molar-refractivity contribution < 1.29 is 9.26 Å². The summed E-state index contributed by atoms with van der Waals surface area (Å²) >= 11 is 5.90. The molecule has 2 aromatic carbocycles. The minimum absolute atomic E-state index is 0.0150. The number of benzene rings is 2. The van der Waals surface area contributed by atoms with Crippen LogP contribution in [0.3, 0.4) is 0 Å². The first-order valence-corrected chi connectivity index (χ1v) is 8.41. The summed E-state index contributed by atoms with van der Waals surface area (Å²) in [4.78, 5) is 4.50. The van der Waals surface area contributed by atoms with Crippen molar-refractivity contribution in [2.24, 2.45) is 0 Å². The van der Waals surface area contributed by atoms with Gasteiger partial charge >= 0.3 is 0 Å². The second-order valence-electron chi connectivity index (χ2n) is 5.92. The van der Waals surface area contributed by atoms with Crippen molar-refractivity contribution in [1.29, 1.82) is 0 Å². The summed E-state index contributed by atoms with van der Waals surface area (Å²) in [6, 6.07) is 16.1. The predicted octanol–water partition coefficient (Wildman–Crippen LogP) is 4.17. The second-order valence-corrected chi connectivity index (χ2v) is 6.36. The third-order valence-corrected chi connectivity index (χ3v) is 4.49. The number of hydrogen-bond donors (Lipinski definition) is 0. The quantitative estimate of drug-likeness (QED) is 0.715. The van der Waals surface area contributed by atoms with Gasteiger partial charge in [-0.2, -0.15) is 4.98 Å². The van der Waals surface area contributed by atoms with E-state index in [1.807, 2.05) is 30.3 Å². The Balaban J connectivity index is 1.47. The molecular formula is C19H17ClN2O2. The monoisotopic (exact) mass is 340 g/mol. The van der Waals surface area contributed by atoms with Gasteiger partial charge < -0.3 is 9.26 Å². The third kappa shape index (κ3) is 3.35. The largest absolute Gasteiger partial charge is 0.373 e. The highest BCUT2D eigenvalue weighted by atomic mass is 35.5. The van der Waals surface area contributed by atoms with E-state index in [9.17, 15) is 0 Å². The van der Waals surface area contributed by atoms with Crippen LogP contribution in [0.25, 0.3) is 0 Å². The maximum absolute atomic E-state index is 5.91. The van der Waals surface area contributed by atoms with Gasteiger partial charge in [-0.1, -0.05) is 53.2 Å². The van der Waals surface area contributed by atoms with Crippen molar-refractivity contribution >= 4 is 11.6 Å². The van der Waals surface area contributed by atoms with Gasteiger partial charge in [-0.25, -0.2) is 0 Å². The molecule has 0 saturated heterocycles. The fourth-order valence-corrected chi connectivity index (χ4v) is 3.16. The first-order valence-electron chi connectivity index (χ1n) is 8.03. The third-order valence-electron chi connectivity index (χ3n) is 4.24. The Morgan fingerprint density at radius 2 is 1.92 bits per heavy atom. The molecule has 1 aliphatic heterocycles. The lowest BCUT2D eigenvalue weighted by Gasteiger charge is -2.24. The molecule has 0 N–H and O–H groups in total. The molecule has 0 unspecified atom stereocenters. The zero-order valence-electron chi connectivity index (χ0n) is 13.1. The van der Waals surface area contributed by atoms with E-state index in [4.69, 9.17) is 20.9 Å². The summed E-state index contributed by atoms with van der Waals surface area (Å²) in [7, 11) is 0. The Morgan fingerprint density at radius 3 is 2.79 bits per heavy atom. The summed E-state index contributed by atoms with van der Waals surface area (Å²) < 4.78 is 11.3. The summed E-state index contributed by atoms with van der Waals surface area (Å²) in [6.07, 6.45) is 2.17. The van der Waals surface area contributed by atoms with Gasteiger partial charge in [0.15, 0.2) is 5.82 Å². The molecule has 0 radical (unpaired) electrons. The van der Waals surface area contributed by atoms with Crippen LogP contribution in [-0.4, -0.2) is 16.7 Å². The van der Waals surface area contributed by atoms with E-state index in [1.54, 1.807) is 0 Å². The lowest BCUT2D eigenvalue weighted by atomic mass is 9.96. The Morgan fingerprint density at radius 1 is 1.08 bits per heavy atom. The van der Waals surface area contributed by atoms with Gasteiger partial charge in [-0.05, 0) is 35.2 Å². The lowest BCUT2D eigenvalue weighted by molar-refractivity contribution is 0.0375. The van der Waals surface area contributed by atoms with Gasteiger partial charge in [-0.15, -0.1) is 0 Å². The Kier molecular flexibility index (Phi) is 4.32. The number of hydrogen-bond acceptors (Lipinski definition) is 4. The van der Waals surface area contributed by atoms with Crippen LogP contribution in [0.1, 0.15) is 34.5 Å². The van der Waals surface area contributed by atoms with Crippen molar-refractivity contribution in [3.8, 4) is 0 Å². The standard InChI is InChI=1S/C19H17ClN2O2/c20-15-7-5-13(6-8-15)11-18-21-19(24-22-18)12-17-16-4-2-1-3-14(16)9-10-23-17/h1-8,17H,9-12H2/t17-/m1/s1. The van der Waals surface area contributed by atoms with Gasteiger partial charge in [0.1, 0.15) is 0 Å². The molecule has 2 heterocycles. The highest BCUT2D eigenvalue weighted by Crippen LogP contribution is 2.29. The molecule has 0 spiro atoms. The van der Waals surface area contributed by atoms with Crippen LogP contribution in [0.4, 0.5) is 0 Å². The van der Waals surface area contributed by atoms with Crippen molar-refractivity contribution in [3.63, 3.8) is 0 Å². The van der Waals surface area contributed by atoms with Crippen LogP contribution in [-0.2, 0) is 24.0 Å². The van der Waals surface area contributed by atoms with Crippen molar-refractivity contribution in [2.75, 3.05) is 6.61 Å². The minimum atomic E-state index is -0.0150. The van der Waals surface area contributed by atoms with Crippen molar-refractivity contribution in [1.82, 2.24) is 10.1 Å². The highest BCUT2D eigenvalue weighted by Gasteiger charge is 2.23. The van der Waals surface area contributed by atoms with Crippen LogP contribution < -0.4 is 0 Å². The summed E-state index contributed by atoms with van der Waals surface area (Å²) in [5, 5.41) is 4.80. The average Bonchev–Trinajstić information content (AvgIpc) is 3.04. The molecular weight excluding hydrogens is 324 g/mol. The number of fused-ring (bicyclic) bond motifs is 1. The highest BCUT2D eigenvalue weighted by molar-refractivity contribution is 6.30. The van der Waals surface area contributed by atoms with E-state index in [-0.39, 0.29) is 6.10 Å². The minimum Gasteiger partial charge on any atom is -0.373 e. The molecule has 3 aromatic rings. The van der Waals surface area contributed by atoms with Gasteiger partial charge in [0.2, 0.25) is 5.89 Å². The molecule has 4 rings (SSSR count). The van der Waals surface area contributed by atoms with E-state index in [0.717, 1.165) is 23.6 Å². The van der Waals surface area contributed by atoms with Gasteiger partial charge in [0.25, 0.3) is 0 Å². The topological polar surface area (TPSA) is 48.2 Å². The molecule has 4 nitrogen and oxygen atoms in total. The molecule has 0 aliphatic carbocycles. The zero-order chi connectivity index (χ0) is 16.4. The predicted molar refractivity (Wildman–Crippen MR) is 91.1 cm³/mol. The number of ether oxygens (including phenoxy) is 1. The fourth-order valence-electron chi connectivity index (χ4n) is 3.03. The Labute approximate surface area is 145 Å². The molecule has 24 heavy (non-hydrogen) atoms. The number of rotatable bonds is 4. The molecule has 5 heteroatoms. The Hall–Kier alpha value is -2.17. The first kappa shape index (κ1) is 15.4. The normalized spacial score (nSPS) is 16.8. The molecule has 0 amide bonds. The van der Waals surface area contributed by atoms with E-state index in [1.165, 1.54) is 11.1 Å². The first-order chi connectivity index (χ1) is 11.8. The number of aromatic nitrogens is 2. The fraction of sp³-hybridized carbons (Fsp3) is 0.263. The van der Waals surface area contributed by atoms with E-state index >= 15 is 0 Å². The number of halogens is 1. The maximum Gasteiger partial charge on any atom is 0.229 e. The molecule has 1 aliphatic rings. The van der Waals surface area contributed by atoms with E-state index in [2.05, 4.69) is 28.3 Å². The molecule has 0 fully saturated rings. The SMILES string of the molecule is Clc1ccc(Cc2noc(C[C@H]3OCCc4ccccc43)n2)cc1. The molecule has 0 saturated carbocycles. The Bertz CT molecular complexity index is 829. The summed E-state index contributed by atoms with van der Waals surface area (Å²) in [5.41, 5.74) is 3.67. The van der Waals surface area contributed by atoms with Crippen LogP contribution in [0.2, 0.25) is 5.02 Å². The maximum atomic E-state index is 5.91. The summed E-state index contributed by atoms with van der Waals surface area (Å²) in [5.74, 6) is 1.29. The number of nitrogens with zero attached hydrogens (tertiary/aromatic N) is 2. The molecule has 1 atom stereocenters. The van der Waals surface area contributed by atoms with Gasteiger partial charge in [0, 0.05) is 11.4 Å². The van der Waals surface area contributed by atoms with E-state index < -0.39 is 0 Å². The molecule has 0 bridgehead atoms. The average molecular weight is 341 g/mol. The lowest BCUT2D eigenvalue weighted by Crippen LogP contribution is -2.18. The van der Waals surface area contributed by atoms with Crippen LogP contribution in [0.5, 0.6) is 0 Å².